The lowest BCUT2D eigenvalue weighted by Gasteiger charge is -2.25. The first-order chi connectivity index (χ1) is 8.98. The number of rotatable bonds is 3. The van der Waals surface area contributed by atoms with Gasteiger partial charge in [0.15, 0.2) is 6.10 Å². The number of alkyl halides is 2. The molecule has 0 radical (unpaired) electrons. The smallest absolute Gasteiger partial charge is 0.337 e. The second-order valence-corrected chi connectivity index (χ2v) is 5.60. The predicted molar refractivity (Wildman–Crippen MR) is 73.1 cm³/mol. The van der Waals surface area contributed by atoms with Gasteiger partial charge in [0.05, 0.1) is 13.2 Å². The van der Waals surface area contributed by atoms with E-state index in [1.165, 1.54) is 7.11 Å². The Bertz CT molecular complexity index is 454. The van der Waals surface area contributed by atoms with Gasteiger partial charge in [-0.1, -0.05) is 30.3 Å². The van der Waals surface area contributed by atoms with Gasteiger partial charge in [-0.05, 0) is 12.5 Å². The summed E-state index contributed by atoms with van der Waals surface area (Å²) in [5, 5.41) is 3.16. The summed E-state index contributed by atoms with van der Waals surface area (Å²) in [5.41, 5.74) is -0.0849. The lowest BCUT2D eigenvalue weighted by molar-refractivity contribution is -0.157. The van der Waals surface area contributed by atoms with Gasteiger partial charge in [-0.25, -0.2) is 4.79 Å². The molecular formula is C13H15Cl2NO3. The summed E-state index contributed by atoms with van der Waals surface area (Å²) in [6.45, 7) is 1.70. The van der Waals surface area contributed by atoms with Crippen LogP contribution in [0.4, 0.5) is 0 Å². The molecule has 19 heavy (non-hydrogen) atoms. The first-order valence-corrected chi connectivity index (χ1v) is 6.71. The molecule has 0 aliphatic carbocycles. The summed E-state index contributed by atoms with van der Waals surface area (Å²) in [7, 11) is 1.32. The van der Waals surface area contributed by atoms with Crippen LogP contribution in [0.2, 0.25) is 0 Å². The second-order valence-electron chi connectivity index (χ2n) is 4.50. The van der Waals surface area contributed by atoms with E-state index in [4.69, 9.17) is 32.7 Å². The lowest BCUT2D eigenvalue weighted by Crippen LogP contribution is -2.44. The van der Waals surface area contributed by atoms with E-state index >= 15 is 0 Å². The molecule has 1 unspecified atom stereocenters. The van der Waals surface area contributed by atoms with Crippen molar-refractivity contribution in [2.45, 2.75) is 29.6 Å². The molecule has 1 saturated heterocycles. The van der Waals surface area contributed by atoms with Crippen molar-refractivity contribution in [1.29, 1.82) is 0 Å². The summed E-state index contributed by atoms with van der Waals surface area (Å²) >= 11 is 11.8. The molecule has 1 aromatic rings. The van der Waals surface area contributed by atoms with Crippen LogP contribution in [-0.2, 0) is 14.3 Å². The molecule has 1 N–H and O–H groups in total. The number of esters is 1. The average Bonchev–Trinajstić information content (AvgIpc) is 2.78. The maximum absolute atomic E-state index is 11.8. The highest BCUT2D eigenvalue weighted by Gasteiger charge is 2.50. The third-order valence-electron chi connectivity index (χ3n) is 3.13. The highest BCUT2D eigenvalue weighted by atomic mass is 35.5. The van der Waals surface area contributed by atoms with Crippen LogP contribution in [0.1, 0.15) is 18.5 Å². The standard InChI is InChI=1S/C13H15Cl2NO3/c1-13(12(14)15)16-9(8-6-4-3-5-7-8)10(19-13)11(17)18-2/h3-7,9-10,12,16H,1-2H3/t9-,10+,13?/m0/s1. The summed E-state index contributed by atoms with van der Waals surface area (Å²) in [5.74, 6) is -0.459. The molecule has 2 rings (SSSR count). The largest absolute Gasteiger partial charge is 0.467 e. The Balaban J connectivity index is 2.32. The van der Waals surface area contributed by atoms with Crippen molar-refractivity contribution < 1.29 is 14.3 Å². The molecule has 1 aromatic carbocycles. The molecule has 104 valence electrons. The van der Waals surface area contributed by atoms with Crippen molar-refractivity contribution in [3.63, 3.8) is 0 Å². The molecule has 1 aliphatic heterocycles. The van der Waals surface area contributed by atoms with Gasteiger partial charge in [-0.15, -0.1) is 23.2 Å². The van der Waals surface area contributed by atoms with E-state index in [9.17, 15) is 4.79 Å². The lowest BCUT2D eigenvalue weighted by atomic mass is 10.0. The Morgan fingerprint density at radius 2 is 2.05 bits per heavy atom. The summed E-state index contributed by atoms with van der Waals surface area (Å²) < 4.78 is 10.4. The molecule has 3 atom stereocenters. The molecule has 0 amide bonds. The Kier molecular flexibility index (Phi) is 4.36. The topological polar surface area (TPSA) is 47.6 Å². The molecular weight excluding hydrogens is 289 g/mol. The Morgan fingerprint density at radius 3 is 2.58 bits per heavy atom. The zero-order valence-corrected chi connectivity index (χ0v) is 12.1. The zero-order valence-electron chi connectivity index (χ0n) is 10.6. The molecule has 6 heteroatoms. The molecule has 1 heterocycles. The highest BCUT2D eigenvalue weighted by molar-refractivity contribution is 6.45. The minimum absolute atomic E-state index is 0.348. The van der Waals surface area contributed by atoms with E-state index in [0.717, 1.165) is 5.56 Å². The fourth-order valence-corrected chi connectivity index (χ4v) is 2.31. The van der Waals surface area contributed by atoms with Crippen LogP contribution in [-0.4, -0.2) is 29.7 Å². The number of carbonyl (C=O) groups is 1. The molecule has 0 bridgehead atoms. The van der Waals surface area contributed by atoms with Crippen LogP contribution < -0.4 is 5.32 Å². The van der Waals surface area contributed by atoms with E-state index in [1.807, 2.05) is 30.3 Å². The van der Waals surface area contributed by atoms with Crippen LogP contribution in [0.3, 0.4) is 0 Å². The Morgan fingerprint density at radius 1 is 1.42 bits per heavy atom. The van der Waals surface area contributed by atoms with Crippen molar-refractivity contribution >= 4 is 29.2 Å². The van der Waals surface area contributed by atoms with E-state index in [0.29, 0.717) is 0 Å². The van der Waals surface area contributed by atoms with Crippen molar-refractivity contribution in [1.82, 2.24) is 5.32 Å². The summed E-state index contributed by atoms with van der Waals surface area (Å²) in [4.78, 5) is 11.0. The van der Waals surface area contributed by atoms with Gasteiger partial charge < -0.3 is 9.47 Å². The quantitative estimate of drug-likeness (QED) is 0.688. The number of benzene rings is 1. The van der Waals surface area contributed by atoms with Crippen LogP contribution in [0.15, 0.2) is 30.3 Å². The Hall–Kier alpha value is -0.810. The maximum Gasteiger partial charge on any atom is 0.337 e. The van der Waals surface area contributed by atoms with Crippen molar-refractivity contribution in [3.05, 3.63) is 35.9 Å². The highest BCUT2D eigenvalue weighted by Crippen LogP contribution is 2.37. The fraction of sp³-hybridized carbons (Fsp3) is 0.462. The minimum Gasteiger partial charge on any atom is -0.467 e. The van der Waals surface area contributed by atoms with Gasteiger partial charge in [0.1, 0.15) is 10.6 Å². The maximum atomic E-state index is 11.8. The van der Waals surface area contributed by atoms with Gasteiger partial charge in [0.2, 0.25) is 0 Å². The van der Waals surface area contributed by atoms with Crippen molar-refractivity contribution in [3.8, 4) is 0 Å². The number of hydrogen-bond donors (Lipinski definition) is 1. The third kappa shape index (κ3) is 2.87. The summed E-state index contributed by atoms with van der Waals surface area (Å²) in [6.07, 6.45) is -0.780. The zero-order chi connectivity index (χ0) is 14.0. The molecule has 0 saturated carbocycles. The van der Waals surface area contributed by atoms with Crippen LogP contribution >= 0.6 is 23.2 Å². The fourth-order valence-electron chi connectivity index (χ4n) is 2.08. The number of carbonyl (C=O) groups excluding carboxylic acids is 1. The molecule has 0 spiro atoms. The van der Waals surface area contributed by atoms with Crippen molar-refractivity contribution in [2.75, 3.05) is 7.11 Å². The predicted octanol–water partition coefficient (Wildman–Crippen LogP) is 2.41. The molecule has 4 nitrogen and oxygen atoms in total. The van der Waals surface area contributed by atoms with Crippen molar-refractivity contribution in [2.24, 2.45) is 0 Å². The average molecular weight is 304 g/mol. The normalized spacial score (nSPS) is 30.6. The second kappa shape index (κ2) is 5.67. The number of nitrogens with one attached hydrogen (secondary N) is 1. The SMILES string of the molecule is COC(=O)[C@@H]1OC(C)(C(Cl)Cl)N[C@H]1c1ccccc1. The third-order valence-corrected chi connectivity index (χ3v) is 3.96. The molecule has 0 aromatic heterocycles. The van der Waals surface area contributed by atoms with E-state index in [-0.39, 0.29) is 6.04 Å². The van der Waals surface area contributed by atoms with Gasteiger partial charge in [-0.3, -0.25) is 5.32 Å². The van der Waals surface area contributed by atoms with E-state index in [2.05, 4.69) is 5.32 Å². The van der Waals surface area contributed by atoms with Gasteiger partial charge >= 0.3 is 5.97 Å². The van der Waals surface area contributed by atoms with Gasteiger partial charge in [0.25, 0.3) is 0 Å². The monoisotopic (exact) mass is 303 g/mol. The van der Waals surface area contributed by atoms with Crippen LogP contribution in [0.5, 0.6) is 0 Å². The van der Waals surface area contributed by atoms with Gasteiger partial charge in [-0.2, -0.15) is 0 Å². The Labute approximate surface area is 122 Å². The van der Waals surface area contributed by atoms with Gasteiger partial charge in [0, 0.05) is 0 Å². The first kappa shape index (κ1) is 14.6. The van der Waals surface area contributed by atoms with Crippen LogP contribution in [0, 0.1) is 0 Å². The number of halogens is 2. The number of ether oxygens (including phenoxy) is 2. The van der Waals surface area contributed by atoms with E-state index < -0.39 is 22.6 Å². The first-order valence-electron chi connectivity index (χ1n) is 5.84. The minimum atomic E-state index is -0.998. The van der Waals surface area contributed by atoms with E-state index in [1.54, 1.807) is 6.92 Å². The molecule has 1 fully saturated rings. The number of hydrogen-bond acceptors (Lipinski definition) is 4. The summed E-state index contributed by atoms with van der Waals surface area (Å²) in [6, 6.07) is 9.14. The van der Waals surface area contributed by atoms with Crippen LogP contribution in [0.25, 0.3) is 0 Å². The molecule has 1 aliphatic rings. The number of methoxy groups -OCH3 is 1.